The molecule has 7 heteroatoms. The van der Waals surface area contributed by atoms with Crippen LogP contribution < -0.4 is 5.32 Å². The van der Waals surface area contributed by atoms with E-state index < -0.39 is 24.4 Å². The molecular weight excluding hydrogens is 290 g/mol. The van der Waals surface area contributed by atoms with Gasteiger partial charge in [-0.3, -0.25) is 0 Å². The molecule has 0 aliphatic heterocycles. The van der Waals surface area contributed by atoms with E-state index in [2.05, 4.69) is 10.1 Å². The van der Waals surface area contributed by atoms with Gasteiger partial charge in [0.05, 0.1) is 12.7 Å². The van der Waals surface area contributed by atoms with Crippen molar-refractivity contribution in [2.75, 3.05) is 13.7 Å². The van der Waals surface area contributed by atoms with E-state index in [1.54, 1.807) is 6.07 Å². The van der Waals surface area contributed by atoms with Gasteiger partial charge in [-0.2, -0.15) is 13.2 Å². The summed E-state index contributed by atoms with van der Waals surface area (Å²) in [7, 11) is 1.16. The second kappa shape index (κ2) is 7.97. The molecule has 0 atom stereocenters. The lowest BCUT2D eigenvalue weighted by Crippen LogP contribution is -2.16. The second-order valence-electron chi connectivity index (χ2n) is 4.55. The Morgan fingerprint density at radius 1 is 1.29 bits per heavy atom. The summed E-state index contributed by atoms with van der Waals surface area (Å²) in [6, 6.07) is 4.09. The van der Waals surface area contributed by atoms with Crippen molar-refractivity contribution < 1.29 is 27.1 Å². The first kappa shape index (κ1) is 17.4. The first-order chi connectivity index (χ1) is 9.83. The highest BCUT2D eigenvalue weighted by molar-refractivity contribution is 5.89. The number of methoxy groups -OCH3 is 1. The van der Waals surface area contributed by atoms with Gasteiger partial charge in [-0.05, 0) is 37.1 Å². The Morgan fingerprint density at radius 3 is 2.57 bits per heavy atom. The molecule has 0 aromatic heterocycles. The standard InChI is InChI=1S/C14H17F4NO2/c1-21-13(20)11-5-4-10(8-12(11)15)9-19-7-3-2-6-14(16,17)18/h4-5,8,19H,2-3,6-7,9H2,1H3. The molecule has 21 heavy (non-hydrogen) atoms. The molecule has 0 fully saturated rings. The molecule has 1 aromatic rings. The Balaban J connectivity index is 2.33. The number of carbonyl (C=O) groups excluding carboxylic acids is 1. The Bertz CT molecular complexity index is 475. The number of carbonyl (C=O) groups is 1. The zero-order chi connectivity index (χ0) is 15.9. The van der Waals surface area contributed by atoms with Crippen molar-refractivity contribution in [1.82, 2.24) is 5.32 Å². The Kier molecular flexibility index (Phi) is 6.61. The topological polar surface area (TPSA) is 38.3 Å². The Morgan fingerprint density at radius 2 is 2.00 bits per heavy atom. The number of ether oxygens (including phenoxy) is 1. The molecule has 0 aliphatic carbocycles. The molecule has 0 saturated heterocycles. The predicted octanol–water partition coefficient (Wildman–Crippen LogP) is 3.43. The van der Waals surface area contributed by atoms with Crippen LogP contribution in [0.1, 0.15) is 35.2 Å². The van der Waals surface area contributed by atoms with Crippen LogP contribution in [-0.4, -0.2) is 25.8 Å². The first-order valence-corrected chi connectivity index (χ1v) is 6.47. The number of rotatable bonds is 7. The van der Waals surface area contributed by atoms with Gasteiger partial charge in [0.15, 0.2) is 0 Å². The first-order valence-electron chi connectivity index (χ1n) is 6.47. The van der Waals surface area contributed by atoms with Gasteiger partial charge in [-0.25, -0.2) is 9.18 Å². The van der Waals surface area contributed by atoms with Gasteiger partial charge in [0.2, 0.25) is 0 Å². The number of esters is 1. The summed E-state index contributed by atoms with van der Waals surface area (Å²) in [6.07, 6.45) is -4.46. The summed E-state index contributed by atoms with van der Waals surface area (Å²) >= 11 is 0. The Labute approximate surface area is 120 Å². The smallest absolute Gasteiger partial charge is 0.389 e. The van der Waals surface area contributed by atoms with Gasteiger partial charge in [-0.15, -0.1) is 0 Å². The van der Waals surface area contributed by atoms with Crippen molar-refractivity contribution in [3.8, 4) is 0 Å². The van der Waals surface area contributed by atoms with E-state index in [0.29, 0.717) is 25.1 Å². The maximum atomic E-state index is 13.6. The SMILES string of the molecule is COC(=O)c1ccc(CNCCCCC(F)(F)F)cc1F. The number of hydrogen-bond acceptors (Lipinski definition) is 3. The van der Waals surface area contributed by atoms with Crippen LogP contribution in [0.4, 0.5) is 17.6 Å². The maximum Gasteiger partial charge on any atom is 0.389 e. The lowest BCUT2D eigenvalue weighted by atomic mass is 10.1. The minimum atomic E-state index is -4.12. The Hall–Kier alpha value is -1.63. The van der Waals surface area contributed by atoms with Gasteiger partial charge in [0, 0.05) is 13.0 Å². The lowest BCUT2D eigenvalue weighted by molar-refractivity contribution is -0.135. The van der Waals surface area contributed by atoms with E-state index in [4.69, 9.17) is 0 Å². The summed E-state index contributed by atoms with van der Waals surface area (Å²) in [4.78, 5) is 11.2. The summed E-state index contributed by atoms with van der Waals surface area (Å²) < 4.78 is 53.7. The molecule has 1 aromatic carbocycles. The zero-order valence-corrected chi connectivity index (χ0v) is 11.6. The quantitative estimate of drug-likeness (QED) is 0.476. The molecule has 0 saturated carbocycles. The summed E-state index contributed by atoms with van der Waals surface area (Å²) in [6.45, 7) is 0.737. The van der Waals surface area contributed by atoms with Gasteiger partial charge >= 0.3 is 12.1 Å². The molecule has 1 N–H and O–H groups in total. The van der Waals surface area contributed by atoms with Crippen LogP contribution in [0, 0.1) is 5.82 Å². The molecule has 0 aliphatic rings. The minimum Gasteiger partial charge on any atom is -0.465 e. The minimum absolute atomic E-state index is 0.0616. The molecule has 0 spiro atoms. The average molecular weight is 307 g/mol. The second-order valence-corrected chi connectivity index (χ2v) is 4.55. The van der Waals surface area contributed by atoms with Crippen LogP contribution in [0.25, 0.3) is 0 Å². The summed E-state index contributed by atoms with van der Waals surface area (Å²) in [5, 5.41) is 2.93. The normalized spacial score (nSPS) is 11.5. The fraction of sp³-hybridized carbons (Fsp3) is 0.500. The highest BCUT2D eigenvalue weighted by atomic mass is 19.4. The highest BCUT2D eigenvalue weighted by Crippen LogP contribution is 2.21. The van der Waals surface area contributed by atoms with Gasteiger partial charge in [-0.1, -0.05) is 6.07 Å². The van der Waals surface area contributed by atoms with E-state index in [0.717, 1.165) is 7.11 Å². The maximum absolute atomic E-state index is 13.6. The van der Waals surface area contributed by atoms with E-state index in [9.17, 15) is 22.4 Å². The van der Waals surface area contributed by atoms with E-state index in [1.165, 1.54) is 12.1 Å². The monoisotopic (exact) mass is 307 g/mol. The number of alkyl halides is 3. The molecule has 0 unspecified atom stereocenters. The molecule has 0 bridgehead atoms. The summed E-state index contributed by atoms with van der Waals surface area (Å²) in [5.41, 5.74) is 0.461. The summed E-state index contributed by atoms with van der Waals surface area (Å²) in [5.74, 6) is -1.43. The molecule has 0 amide bonds. The van der Waals surface area contributed by atoms with E-state index >= 15 is 0 Å². The van der Waals surface area contributed by atoms with Crippen LogP contribution in [0.15, 0.2) is 18.2 Å². The molecular formula is C14H17F4NO2. The fourth-order valence-electron chi connectivity index (χ4n) is 1.75. The van der Waals surface area contributed by atoms with Gasteiger partial charge in [0.25, 0.3) is 0 Å². The van der Waals surface area contributed by atoms with E-state index in [1.807, 2.05) is 0 Å². The van der Waals surface area contributed by atoms with Crippen LogP contribution in [0.5, 0.6) is 0 Å². The number of halogens is 4. The highest BCUT2D eigenvalue weighted by Gasteiger charge is 2.25. The molecule has 0 heterocycles. The van der Waals surface area contributed by atoms with Crippen LogP contribution in [0.3, 0.4) is 0 Å². The van der Waals surface area contributed by atoms with Crippen LogP contribution >= 0.6 is 0 Å². The lowest BCUT2D eigenvalue weighted by Gasteiger charge is -2.08. The molecule has 0 radical (unpaired) electrons. The largest absolute Gasteiger partial charge is 0.465 e. The number of unbranched alkanes of at least 4 members (excludes halogenated alkanes) is 1. The predicted molar refractivity (Wildman–Crippen MR) is 69.4 cm³/mol. The fourth-order valence-corrected chi connectivity index (χ4v) is 1.75. The average Bonchev–Trinajstić information content (AvgIpc) is 2.41. The van der Waals surface area contributed by atoms with Crippen molar-refractivity contribution >= 4 is 5.97 Å². The van der Waals surface area contributed by atoms with Crippen LogP contribution in [0.2, 0.25) is 0 Å². The van der Waals surface area contributed by atoms with Crippen molar-refractivity contribution in [1.29, 1.82) is 0 Å². The van der Waals surface area contributed by atoms with E-state index in [-0.39, 0.29) is 12.0 Å². The van der Waals surface area contributed by atoms with Gasteiger partial charge < -0.3 is 10.1 Å². The van der Waals surface area contributed by atoms with Crippen molar-refractivity contribution in [2.45, 2.75) is 32.0 Å². The van der Waals surface area contributed by atoms with Crippen molar-refractivity contribution in [3.63, 3.8) is 0 Å². The van der Waals surface area contributed by atoms with Crippen molar-refractivity contribution in [3.05, 3.63) is 35.1 Å². The number of benzene rings is 1. The zero-order valence-electron chi connectivity index (χ0n) is 11.6. The van der Waals surface area contributed by atoms with Crippen molar-refractivity contribution in [2.24, 2.45) is 0 Å². The van der Waals surface area contributed by atoms with Gasteiger partial charge in [0.1, 0.15) is 5.82 Å². The molecule has 3 nitrogen and oxygen atoms in total. The third-order valence-corrected chi connectivity index (χ3v) is 2.83. The van der Waals surface area contributed by atoms with Crippen LogP contribution in [-0.2, 0) is 11.3 Å². The molecule has 118 valence electrons. The third kappa shape index (κ3) is 6.57. The number of nitrogens with one attached hydrogen (secondary N) is 1. The third-order valence-electron chi connectivity index (χ3n) is 2.83. The number of hydrogen-bond donors (Lipinski definition) is 1. The molecule has 1 rings (SSSR count).